The van der Waals surface area contributed by atoms with E-state index in [1.807, 2.05) is 38.1 Å². The van der Waals surface area contributed by atoms with Gasteiger partial charge in [0.25, 0.3) is 0 Å². The molecule has 0 radical (unpaired) electrons. The monoisotopic (exact) mass is 267 g/mol. The molecule has 0 bridgehead atoms. The molecular formula is C15H13N3O2. The summed E-state index contributed by atoms with van der Waals surface area (Å²) in [5, 5.41) is 23.1. The van der Waals surface area contributed by atoms with Crippen molar-refractivity contribution in [1.29, 1.82) is 5.26 Å². The lowest BCUT2D eigenvalue weighted by atomic mass is 10.1. The van der Waals surface area contributed by atoms with Gasteiger partial charge in [0.2, 0.25) is 0 Å². The molecule has 0 fully saturated rings. The first kappa shape index (κ1) is 13.6. The van der Waals surface area contributed by atoms with E-state index in [1.165, 1.54) is 6.07 Å². The van der Waals surface area contributed by atoms with Gasteiger partial charge in [-0.3, -0.25) is 10.1 Å². The normalized spacial score (nSPS) is 9.85. The molecule has 0 unspecified atom stereocenters. The standard InChI is InChI=1S/C15H13N3O2/c1-10-6-7-13(8-11(10)2)17-14-5-3-4-12(9-16)15(14)18(19)20/h3-8,17H,1-2H3. The Morgan fingerprint density at radius 1 is 1.20 bits per heavy atom. The van der Waals surface area contributed by atoms with Crippen molar-refractivity contribution < 1.29 is 4.92 Å². The van der Waals surface area contributed by atoms with Crippen molar-refractivity contribution in [3.05, 3.63) is 63.2 Å². The summed E-state index contributed by atoms with van der Waals surface area (Å²) in [7, 11) is 0. The van der Waals surface area contributed by atoms with Crippen LogP contribution < -0.4 is 5.32 Å². The predicted octanol–water partition coefficient (Wildman–Crippen LogP) is 3.83. The average Bonchev–Trinajstić information content (AvgIpc) is 2.42. The van der Waals surface area contributed by atoms with Crippen molar-refractivity contribution in [1.82, 2.24) is 0 Å². The zero-order valence-corrected chi connectivity index (χ0v) is 11.2. The maximum atomic E-state index is 11.1. The molecule has 0 saturated heterocycles. The summed E-state index contributed by atoms with van der Waals surface area (Å²) in [6.07, 6.45) is 0. The minimum atomic E-state index is -0.540. The third-order valence-corrected chi connectivity index (χ3v) is 3.12. The molecule has 20 heavy (non-hydrogen) atoms. The molecule has 1 N–H and O–H groups in total. The van der Waals surface area contributed by atoms with Gasteiger partial charge in [0.05, 0.1) is 4.92 Å². The number of nitrogens with zero attached hydrogens (tertiary/aromatic N) is 2. The second-order valence-corrected chi connectivity index (χ2v) is 4.49. The Bertz CT molecular complexity index is 718. The van der Waals surface area contributed by atoms with Crippen LogP contribution in [0.3, 0.4) is 0 Å². The van der Waals surface area contributed by atoms with Gasteiger partial charge in [-0.05, 0) is 49.2 Å². The molecule has 0 heterocycles. The molecule has 100 valence electrons. The van der Waals surface area contributed by atoms with Crippen molar-refractivity contribution in [3.8, 4) is 6.07 Å². The van der Waals surface area contributed by atoms with E-state index in [1.54, 1.807) is 12.1 Å². The van der Waals surface area contributed by atoms with Gasteiger partial charge < -0.3 is 5.32 Å². The van der Waals surface area contributed by atoms with Crippen molar-refractivity contribution in [2.75, 3.05) is 5.32 Å². The Kier molecular flexibility index (Phi) is 3.67. The van der Waals surface area contributed by atoms with Gasteiger partial charge in [-0.15, -0.1) is 0 Å². The van der Waals surface area contributed by atoms with Crippen LogP contribution in [-0.2, 0) is 0 Å². The molecule has 0 amide bonds. The van der Waals surface area contributed by atoms with E-state index in [9.17, 15) is 10.1 Å². The maximum Gasteiger partial charge on any atom is 0.310 e. The molecule has 2 rings (SSSR count). The number of hydrogen-bond donors (Lipinski definition) is 1. The Labute approximate surface area is 116 Å². The number of nitrogens with one attached hydrogen (secondary N) is 1. The zero-order chi connectivity index (χ0) is 14.7. The van der Waals surface area contributed by atoms with Crippen LogP contribution in [0.4, 0.5) is 17.1 Å². The van der Waals surface area contributed by atoms with Crippen LogP contribution in [0.5, 0.6) is 0 Å². The number of hydrogen-bond acceptors (Lipinski definition) is 4. The summed E-state index contributed by atoms with van der Waals surface area (Å²) in [6.45, 7) is 3.97. The number of benzene rings is 2. The van der Waals surface area contributed by atoms with Crippen molar-refractivity contribution in [2.45, 2.75) is 13.8 Å². The van der Waals surface area contributed by atoms with Crippen LogP contribution in [0.1, 0.15) is 16.7 Å². The van der Waals surface area contributed by atoms with E-state index < -0.39 is 4.92 Å². The molecule has 2 aromatic carbocycles. The second-order valence-electron chi connectivity index (χ2n) is 4.49. The minimum absolute atomic E-state index is 0.0452. The molecule has 0 aliphatic carbocycles. The fraction of sp³-hybridized carbons (Fsp3) is 0.133. The van der Waals surface area contributed by atoms with Gasteiger partial charge in [0, 0.05) is 5.69 Å². The fourth-order valence-corrected chi connectivity index (χ4v) is 1.91. The van der Waals surface area contributed by atoms with Gasteiger partial charge >= 0.3 is 5.69 Å². The first-order valence-electron chi connectivity index (χ1n) is 6.04. The molecule has 0 aliphatic heterocycles. The van der Waals surface area contributed by atoms with Crippen LogP contribution in [0.2, 0.25) is 0 Å². The Morgan fingerprint density at radius 3 is 2.55 bits per heavy atom. The summed E-state index contributed by atoms with van der Waals surface area (Å²) in [4.78, 5) is 10.6. The quantitative estimate of drug-likeness (QED) is 0.677. The number of nitro benzene ring substituents is 1. The summed E-state index contributed by atoms with van der Waals surface area (Å²) in [5.41, 5.74) is 3.16. The SMILES string of the molecule is Cc1ccc(Nc2cccc(C#N)c2[N+](=O)[O-])cc1C. The topological polar surface area (TPSA) is 79.0 Å². The number of nitriles is 1. The highest BCUT2D eigenvalue weighted by Gasteiger charge is 2.19. The minimum Gasteiger partial charge on any atom is -0.350 e. The van der Waals surface area contributed by atoms with Crippen molar-refractivity contribution in [2.24, 2.45) is 0 Å². The van der Waals surface area contributed by atoms with E-state index in [2.05, 4.69) is 5.32 Å². The Hall–Kier alpha value is -2.87. The summed E-state index contributed by atoms with van der Waals surface area (Å²) < 4.78 is 0. The number of aryl methyl sites for hydroxylation is 2. The predicted molar refractivity (Wildman–Crippen MR) is 77.0 cm³/mol. The van der Waals surface area contributed by atoms with E-state index in [4.69, 9.17) is 5.26 Å². The second kappa shape index (κ2) is 5.41. The fourth-order valence-electron chi connectivity index (χ4n) is 1.91. The van der Waals surface area contributed by atoms with E-state index in [-0.39, 0.29) is 11.3 Å². The van der Waals surface area contributed by atoms with Crippen LogP contribution in [0, 0.1) is 35.3 Å². The van der Waals surface area contributed by atoms with Crippen LogP contribution in [-0.4, -0.2) is 4.92 Å². The van der Waals surface area contributed by atoms with E-state index >= 15 is 0 Å². The lowest BCUT2D eigenvalue weighted by Gasteiger charge is -2.09. The summed E-state index contributed by atoms with van der Waals surface area (Å²) in [6, 6.07) is 12.2. The smallest absolute Gasteiger partial charge is 0.310 e. The molecule has 0 aliphatic rings. The zero-order valence-electron chi connectivity index (χ0n) is 11.2. The highest BCUT2D eigenvalue weighted by molar-refractivity contribution is 5.74. The van der Waals surface area contributed by atoms with E-state index in [0.29, 0.717) is 5.69 Å². The van der Waals surface area contributed by atoms with Gasteiger partial charge in [0.1, 0.15) is 17.3 Å². The molecule has 0 spiro atoms. The first-order valence-corrected chi connectivity index (χ1v) is 6.04. The van der Waals surface area contributed by atoms with Gasteiger partial charge in [-0.2, -0.15) is 5.26 Å². The third kappa shape index (κ3) is 2.59. The number of anilines is 2. The average molecular weight is 267 g/mol. The molecule has 5 heteroatoms. The van der Waals surface area contributed by atoms with Crippen LogP contribution in [0.15, 0.2) is 36.4 Å². The Morgan fingerprint density at radius 2 is 1.95 bits per heavy atom. The lowest BCUT2D eigenvalue weighted by molar-refractivity contribution is -0.384. The molecular weight excluding hydrogens is 254 g/mol. The van der Waals surface area contributed by atoms with Gasteiger partial charge in [0.15, 0.2) is 0 Å². The van der Waals surface area contributed by atoms with Crippen LogP contribution >= 0.6 is 0 Å². The summed E-state index contributed by atoms with van der Waals surface area (Å²) in [5.74, 6) is 0. The summed E-state index contributed by atoms with van der Waals surface area (Å²) >= 11 is 0. The highest BCUT2D eigenvalue weighted by Crippen LogP contribution is 2.31. The molecule has 2 aromatic rings. The maximum absolute atomic E-state index is 11.1. The number of rotatable bonds is 3. The third-order valence-electron chi connectivity index (χ3n) is 3.12. The molecule has 0 atom stereocenters. The lowest BCUT2D eigenvalue weighted by Crippen LogP contribution is -1.99. The van der Waals surface area contributed by atoms with Gasteiger partial charge in [-0.25, -0.2) is 0 Å². The van der Waals surface area contributed by atoms with Gasteiger partial charge in [-0.1, -0.05) is 12.1 Å². The van der Waals surface area contributed by atoms with Crippen LogP contribution in [0.25, 0.3) is 0 Å². The first-order chi connectivity index (χ1) is 9.52. The van der Waals surface area contributed by atoms with Crippen molar-refractivity contribution >= 4 is 17.1 Å². The molecule has 0 aromatic heterocycles. The largest absolute Gasteiger partial charge is 0.350 e. The number of para-hydroxylation sites is 1. The molecule has 0 saturated carbocycles. The van der Waals surface area contributed by atoms with E-state index in [0.717, 1.165) is 16.8 Å². The molecule has 5 nitrogen and oxygen atoms in total. The highest BCUT2D eigenvalue weighted by atomic mass is 16.6. The van der Waals surface area contributed by atoms with Crippen molar-refractivity contribution in [3.63, 3.8) is 0 Å². The Balaban J connectivity index is 2.46. The number of nitro groups is 1.